The molecule has 0 nitrogen and oxygen atoms in total. The van der Waals surface area contributed by atoms with E-state index in [1.807, 2.05) is 0 Å². The van der Waals surface area contributed by atoms with Crippen molar-refractivity contribution in [2.45, 2.75) is 117 Å². The standard InChI is InChI=1S/C35H52/c1-7-10-25-34(5,6)32-22-20-31(21-23-32)30-18-16-29(17-19-30)27-28(4)24-26-35(8-2,9-3)33-14-12-11-13-15-33/h8,11-19,28,31-32H,2,7,9-10,20-27H2,1,3-6H3. The zero-order valence-corrected chi connectivity index (χ0v) is 23.5. The lowest BCUT2D eigenvalue weighted by Gasteiger charge is -2.39. The molecule has 35 heavy (non-hydrogen) atoms. The maximum atomic E-state index is 4.23. The first-order valence-corrected chi connectivity index (χ1v) is 14.6. The van der Waals surface area contributed by atoms with Crippen molar-refractivity contribution in [1.82, 2.24) is 0 Å². The first-order valence-electron chi connectivity index (χ1n) is 14.6. The lowest BCUT2D eigenvalue weighted by molar-refractivity contribution is 0.135. The monoisotopic (exact) mass is 472 g/mol. The zero-order chi connectivity index (χ0) is 25.3. The van der Waals surface area contributed by atoms with Gasteiger partial charge in [-0.2, -0.15) is 0 Å². The Bertz CT molecular complexity index is 866. The molecule has 2 atom stereocenters. The minimum atomic E-state index is 0.101. The molecule has 0 heteroatoms. The molecule has 0 radical (unpaired) electrons. The summed E-state index contributed by atoms with van der Waals surface area (Å²) in [6, 6.07) is 20.7. The predicted molar refractivity (Wildman–Crippen MR) is 155 cm³/mol. The lowest BCUT2D eigenvalue weighted by Crippen LogP contribution is -2.28. The Hall–Kier alpha value is -1.82. The van der Waals surface area contributed by atoms with E-state index in [1.54, 1.807) is 5.56 Å². The highest BCUT2D eigenvalue weighted by molar-refractivity contribution is 5.30. The molecular formula is C35H52. The van der Waals surface area contributed by atoms with E-state index in [0.29, 0.717) is 11.3 Å². The topological polar surface area (TPSA) is 0 Å². The molecule has 3 rings (SSSR count). The van der Waals surface area contributed by atoms with E-state index in [-0.39, 0.29) is 5.41 Å². The number of hydrogen-bond acceptors (Lipinski definition) is 0. The van der Waals surface area contributed by atoms with E-state index in [2.05, 4.69) is 102 Å². The summed E-state index contributed by atoms with van der Waals surface area (Å²) in [6.45, 7) is 16.3. The average molecular weight is 473 g/mol. The Balaban J connectivity index is 1.51. The zero-order valence-electron chi connectivity index (χ0n) is 23.5. The van der Waals surface area contributed by atoms with Crippen LogP contribution in [0.2, 0.25) is 0 Å². The molecule has 2 aromatic carbocycles. The van der Waals surface area contributed by atoms with Crippen LogP contribution in [0.5, 0.6) is 0 Å². The van der Waals surface area contributed by atoms with Crippen LogP contribution in [0.3, 0.4) is 0 Å². The fraction of sp³-hybridized carbons (Fsp3) is 0.600. The van der Waals surface area contributed by atoms with Gasteiger partial charge in [-0.15, -0.1) is 6.58 Å². The number of benzene rings is 2. The predicted octanol–water partition coefficient (Wildman–Crippen LogP) is 10.7. The van der Waals surface area contributed by atoms with Crippen LogP contribution in [-0.4, -0.2) is 0 Å². The molecule has 1 aliphatic rings. The van der Waals surface area contributed by atoms with Gasteiger partial charge in [-0.3, -0.25) is 0 Å². The van der Waals surface area contributed by atoms with Crippen LogP contribution < -0.4 is 0 Å². The van der Waals surface area contributed by atoms with Gasteiger partial charge in [0.05, 0.1) is 0 Å². The number of unbranched alkanes of at least 4 members (excludes halogenated alkanes) is 1. The van der Waals surface area contributed by atoms with E-state index in [1.165, 1.54) is 75.3 Å². The van der Waals surface area contributed by atoms with Gasteiger partial charge in [0.1, 0.15) is 0 Å². The molecule has 0 saturated heterocycles. The number of hydrogen-bond donors (Lipinski definition) is 0. The minimum absolute atomic E-state index is 0.101. The van der Waals surface area contributed by atoms with E-state index in [0.717, 1.165) is 18.3 Å². The summed E-state index contributed by atoms with van der Waals surface area (Å²) in [4.78, 5) is 0. The highest BCUT2D eigenvalue weighted by atomic mass is 14.4. The van der Waals surface area contributed by atoms with Crippen LogP contribution in [0.15, 0.2) is 67.3 Å². The average Bonchev–Trinajstić information content (AvgIpc) is 2.89. The SMILES string of the molecule is C=CC(CC)(CCC(C)Cc1ccc(C2CCC(C(C)(C)CCCC)CC2)cc1)c1ccccc1. The van der Waals surface area contributed by atoms with Gasteiger partial charge < -0.3 is 0 Å². The third-order valence-corrected chi connectivity index (χ3v) is 9.50. The first-order chi connectivity index (χ1) is 16.8. The third kappa shape index (κ3) is 7.34. The Morgan fingerprint density at radius 1 is 0.914 bits per heavy atom. The number of allylic oxidation sites excluding steroid dienone is 1. The van der Waals surface area contributed by atoms with Gasteiger partial charge in [0.15, 0.2) is 0 Å². The molecule has 0 N–H and O–H groups in total. The summed E-state index contributed by atoms with van der Waals surface area (Å²) in [7, 11) is 0. The quantitative estimate of drug-likeness (QED) is 0.254. The van der Waals surface area contributed by atoms with Gasteiger partial charge in [0.2, 0.25) is 0 Å². The van der Waals surface area contributed by atoms with Crippen molar-refractivity contribution in [3.8, 4) is 0 Å². The summed E-state index contributed by atoms with van der Waals surface area (Å²) in [5.41, 5.74) is 5.10. The summed E-state index contributed by atoms with van der Waals surface area (Å²) >= 11 is 0. The maximum Gasteiger partial charge on any atom is 0.0127 e. The maximum absolute atomic E-state index is 4.23. The van der Waals surface area contributed by atoms with E-state index in [9.17, 15) is 0 Å². The molecule has 1 fully saturated rings. The van der Waals surface area contributed by atoms with Gasteiger partial charge in [-0.25, -0.2) is 0 Å². The van der Waals surface area contributed by atoms with Crippen molar-refractivity contribution < 1.29 is 0 Å². The summed E-state index contributed by atoms with van der Waals surface area (Å²) in [5.74, 6) is 2.35. The van der Waals surface area contributed by atoms with Gasteiger partial charge >= 0.3 is 0 Å². The first kappa shape index (κ1) is 27.8. The van der Waals surface area contributed by atoms with Crippen molar-refractivity contribution in [2.75, 3.05) is 0 Å². The molecule has 0 aromatic heterocycles. The molecule has 192 valence electrons. The summed E-state index contributed by atoms with van der Waals surface area (Å²) in [5, 5.41) is 0. The highest BCUT2D eigenvalue weighted by Crippen LogP contribution is 2.45. The highest BCUT2D eigenvalue weighted by Gasteiger charge is 2.33. The van der Waals surface area contributed by atoms with Gasteiger partial charge in [0, 0.05) is 5.41 Å². The van der Waals surface area contributed by atoms with Crippen LogP contribution in [0.1, 0.15) is 121 Å². The van der Waals surface area contributed by atoms with Crippen molar-refractivity contribution in [2.24, 2.45) is 17.3 Å². The second kappa shape index (κ2) is 12.9. The second-order valence-corrected chi connectivity index (χ2v) is 12.3. The molecule has 0 heterocycles. The molecule has 2 unspecified atom stereocenters. The lowest BCUT2D eigenvalue weighted by atomic mass is 9.66. The molecule has 0 bridgehead atoms. The Morgan fingerprint density at radius 2 is 1.57 bits per heavy atom. The molecule has 1 aliphatic carbocycles. The largest absolute Gasteiger partial charge is 0.102 e. The third-order valence-electron chi connectivity index (χ3n) is 9.50. The summed E-state index contributed by atoms with van der Waals surface area (Å²) < 4.78 is 0. The van der Waals surface area contributed by atoms with Crippen molar-refractivity contribution in [3.63, 3.8) is 0 Å². The Kier molecular flexibility index (Phi) is 10.3. The normalized spacial score (nSPS) is 21.3. The van der Waals surface area contributed by atoms with Crippen molar-refractivity contribution in [1.29, 1.82) is 0 Å². The molecule has 2 aromatic rings. The fourth-order valence-electron chi connectivity index (χ4n) is 6.64. The minimum Gasteiger partial charge on any atom is -0.102 e. The van der Waals surface area contributed by atoms with Gasteiger partial charge in [-0.1, -0.05) is 108 Å². The molecule has 0 amide bonds. The molecule has 0 aliphatic heterocycles. The second-order valence-electron chi connectivity index (χ2n) is 12.3. The van der Waals surface area contributed by atoms with E-state index in [4.69, 9.17) is 0 Å². The molecule has 1 saturated carbocycles. The van der Waals surface area contributed by atoms with Gasteiger partial charge in [-0.05, 0) is 97.6 Å². The van der Waals surface area contributed by atoms with Gasteiger partial charge in [0.25, 0.3) is 0 Å². The fourth-order valence-corrected chi connectivity index (χ4v) is 6.64. The number of rotatable bonds is 13. The van der Waals surface area contributed by atoms with Crippen LogP contribution in [0.4, 0.5) is 0 Å². The Morgan fingerprint density at radius 3 is 2.14 bits per heavy atom. The van der Waals surface area contributed by atoms with Crippen LogP contribution >= 0.6 is 0 Å². The van der Waals surface area contributed by atoms with Crippen molar-refractivity contribution >= 4 is 0 Å². The smallest absolute Gasteiger partial charge is 0.0127 e. The van der Waals surface area contributed by atoms with E-state index < -0.39 is 0 Å². The van der Waals surface area contributed by atoms with E-state index >= 15 is 0 Å². The van der Waals surface area contributed by atoms with Crippen LogP contribution in [0, 0.1) is 17.3 Å². The van der Waals surface area contributed by atoms with Crippen LogP contribution in [0.25, 0.3) is 0 Å². The van der Waals surface area contributed by atoms with Crippen LogP contribution in [-0.2, 0) is 11.8 Å². The molecular weight excluding hydrogens is 420 g/mol. The van der Waals surface area contributed by atoms with Crippen molar-refractivity contribution in [3.05, 3.63) is 83.9 Å². The molecule has 0 spiro atoms. The summed E-state index contributed by atoms with van der Waals surface area (Å²) in [6.07, 6.45) is 16.5. The Labute approximate surface area is 217 Å².